The first-order chi connectivity index (χ1) is 12.1. The lowest BCUT2D eigenvalue weighted by Crippen LogP contribution is -2.09. The van der Waals surface area contributed by atoms with Crippen LogP contribution in [-0.2, 0) is 4.74 Å². The summed E-state index contributed by atoms with van der Waals surface area (Å²) in [5.74, 6) is -0.506. The number of phenols is 1. The summed E-state index contributed by atoms with van der Waals surface area (Å²) in [6.45, 7) is 4.26. The van der Waals surface area contributed by atoms with Gasteiger partial charge in [0.2, 0.25) is 0 Å². The zero-order chi connectivity index (χ0) is 17.8. The average molecular weight is 334 g/mol. The van der Waals surface area contributed by atoms with Gasteiger partial charge in [-0.15, -0.1) is 0 Å². The Morgan fingerprint density at radius 3 is 2.56 bits per heavy atom. The summed E-state index contributed by atoms with van der Waals surface area (Å²) in [5.41, 5.74) is 2.95. The van der Waals surface area contributed by atoms with E-state index in [0.717, 1.165) is 40.3 Å². The number of esters is 1. The van der Waals surface area contributed by atoms with Crippen LogP contribution in [0.15, 0.2) is 54.6 Å². The van der Waals surface area contributed by atoms with Gasteiger partial charge in [-0.05, 0) is 46.9 Å². The highest BCUT2D eigenvalue weighted by molar-refractivity contribution is 6.01. The second-order valence-corrected chi connectivity index (χ2v) is 6.15. The van der Waals surface area contributed by atoms with Crippen LogP contribution in [0.2, 0.25) is 0 Å². The Bertz CT molecular complexity index is 907. The summed E-state index contributed by atoms with van der Waals surface area (Å²) in [6, 6.07) is 17.7. The second-order valence-electron chi connectivity index (χ2n) is 6.15. The SMILES string of the molecule is CCCCOC(=O)c1c(O)ccc(-c2cccc3ccccc23)c1C. The number of carbonyl (C=O) groups is 1. The van der Waals surface area contributed by atoms with Crippen molar-refractivity contribution >= 4 is 16.7 Å². The summed E-state index contributed by atoms with van der Waals surface area (Å²) < 4.78 is 5.31. The van der Waals surface area contributed by atoms with E-state index in [1.165, 1.54) is 0 Å². The van der Waals surface area contributed by atoms with Gasteiger partial charge in [-0.3, -0.25) is 0 Å². The van der Waals surface area contributed by atoms with Crippen LogP contribution in [-0.4, -0.2) is 17.7 Å². The molecule has 0 saturated carbocycles. The maximum atomic E-state index is 12.4. The van der Waals surface area contributed by atoms with Crippen LogP contribution in [0.25, 0.3) is 21.9 Å². The highest BCUT2D eigenvalue weighted by atomic mass is 16.5. The molecule has 0 atom stereocenters. The Morgan fingerprint density at radius 1 is 1.00 bits per heavy atom. The number of hydrogen-bond donors (Lipinski definition) is 1. The van der Waals surface area contributed by atoms with Gasteiger partial charge in [-0.1, -0.05) is 61.9 Å². The van der Waals surface area contributed by atoms with E-state index in [4.69, 9.17) is 4.74 Å². The summed E-state index contributed by atoms with van der Waals surface area (Å²) in [7, 11) is 0. The van der Waals surface area contributed by atoms with E-state index in [9.17, 15) is 9.90 Å². The third kappa shape index (κ3) is 3.36. The minimum Gasteiger partial charge on any atom is -0.507 e. The molecule has 0 bridgehead atoms. The predicted molar refractivity (Wildman–Crippen MR) is 101 cm³/mol. The van der Waals surface area contributed by atoms with Crippen LogP contribution in [0, 0.1) is 6.92 Å². The third-order valence-electron chi connectivity index (χ3n) is 4.46. The van der Waals surface area contributed by atoms with Crippen molar-refractivity contribution in [2.45, 2.75) is 26.7 Å². The first-order valence-electron chi connectivity index (χ1n) is 8.61. The maximum absolute atomic E-state index is 12.4. The van der Waals surface area contributed by atoms with Crippen LogP contribution in [0.3, 0.4) is 0 Å². The maximum Gasteiger partial charge on any atom is 0.342 e. The molecule has 3 heteroatoms. The third-order valence-corrected chi connectivity index (χ3v) is 4.46. The molecule has 0 heterocycles. The Hall–Kier alpha value is -2.81. The lowest BCUT2D eigenvalue weighted by atomic mass is 9.92. The molecule has 0 saturated heterocycles. The second kappa shape index (κ2) is 7.39. The molecule has 1 N–H and O–H groups in total. The monoisotopic (exact) mass is 334 g/mol. The summed E-state index contributed by atoms with van der Waals surface area (Å²) in [6.07, 6.45) is 1.77. The van der Waals surface area contributed by atoms with E-state index in [2.05, 4.69) is 18.2 Å². The molecule has 3 nitrogen and oxygen atoms in total. The Labute approximate surface area is 147 Å². The predicted octanol–water partition coefficient (Wildman–Crippen LogP) is 5.48. The first kappa shape index (κ1) is 17.0. The Balaban J connectivity index is 2.09. The van der Waals surface area contributed by atoms with Crippen molar-refractivity contribution in [3.05, 3.63) is 65.7 Å². The number of phenolic OH excluding ortho intramolecular Hbond substituents is 1. The number of aromatic hydroxyl groups is 1. The molecule has 0 aromatic heterocycles. The number of benzene rings is 3. The van der Waals surface area contributed by atoms with E-state index in [-0.39, 0.29) is 11.3 Å². The molecular weight excluding hydrogens is 312 g/mol. The van der Waals surface area contributed by atoms with Crippen molar-refractivity contribution in [3.63, 3.8) is 0 Å². The summed E-state index contributed by atoms with van der Waals surface area (Å²) in [4.78, 5) is 12.4. The van der Waals surface area contributed by atoms with Crippen LogP contribution in [0.1, 0.15) is 35.7 Å². The number of unbranched alkanes of at least 4 members (excludes halogenated alkanes) is 1. The van der Waals surface area contributed by atoms with Gasteiger partial charge in [0.1, 0.15) is 11.3 Å². The van der Waals surface area contributed by atoms with Crippen molar-refractivity contribution in [2.75, 3.05) is 6.61 Å². The molecule has 0 amide bonds. The molecule has 25 heavy (non-hydrogen) atoms. The topological polar surface area (TPSA) is 46.5 Å². The van der Waals surface area contributed by atoms with E-state index < -0.39 is 5.97 Å². The molecule has 3 rings (SSSR count). The van der Waals surface area contributed by atoms with Gasteiger partial charge in [-0.2, -0.15) is 0 Å². The lowest BCUT2D eigenvalue weighted by molar-refractivity contribution is 0.0495. The number of ether oxygens (including phenoxy) is 1. The molecular formula is C22H22O3. The van der Waals surface area contributed by atoms with E-state index in [1.54, 1.807) is 6.07 Å². The molecule has 3 aromatic carbocycles. The molecule has 128 valence electrons. The van der Waals surface area contributed by atoms with E-state index >= 15 is 0 Å². The fraction of sp³-hybridized carbons (Fsp3) is 0.227. The largest absolute Gasteiger partial charge is 0.507 e. The number of carbonyl (C=O) groups excluding carboxylic acids is 1. The lowest BCUT2D eigenvalue weighted by Gasteiger charge is -2.14. The molecule has 0 radical (unpaired) electrons. The van der Waals surface area contributed by atoms with Gasteiger partial charge in [0, 0.05) is 0 Å². The van der Waals surface area contributed by atoms with Gasteiger partial charge in [0.25, 0.3) is 0 Å². The summed E-state index contributed by atoms with van der Waals surface area (Å²) >= 11 is 0. The van der Waals surface area contributed by atoms with Crippen LogP contribution in [0.5, 0.6) is 5.75 Å². The van der Waals surface area contributed by atoms with Crippen molar-refractivity contribution in [3.8, 4) is 16.9 Å². The molecule has 0 aliphatic carbocycles. The van der Waals surface area contributed by atoms with Gasteiger partial charge in [0.05, 0.1) is 6.61 Å². The van der Waals surface area contributed by atoms with Crippen LogP contribution in [0.4, 0.5) is 0 Å². The normalized spacial score (nSPS) is 10.8. The first-order valence-corrected chi connectivity index (χ1v) is 8.61. The minimum atomic E-state index is -0.467. The highest BCUT2D eigenvalue weighted by Crippen LogP contribution is 2.35. The van der Waals surface area contributed by atoms with E-state index in [1.807, 2.05) is 44.2 Å². The minimum absolute atomic E-state index is 0.0389. The quantitative estimate of drug-likeness (QED) is 0.496. The fourth-order valence-electron chi connectivity index (χ4n) is 3.09. The van der Waals surface area contributed by atoms with Crippen molar-refractivity contribution in [1.82, 2.24) is 0 Å². The van der Waals surface area contributed by atoms with Gasteiger partial charge in [-0.25, -0.2) is 4.79 Å². The number of fused-ring (bicyclic) bond motifs is 1. The molecule has 3 aromatic rings. The molecule has 0 spiro atoms. The van der Waals surface area contributed by atoms with Gasteiger partial charge < -0.3 is 9.84 Å². The van der Waals surface area contributed by atoms with Crippen molar-refractivity contribution in [1.29, 1.82) is 0 Å². The number of rotatable bonds is 5. The molecule has 0 fully saturated rings. The zero-order valence-corrected chi connectivity index (χ0v) is 14.6. The van der Waals surface area contributed by atoms with Gasteiger partial charge >= 0.3 is 5.97 Å². The number of hydrogen-bond acceptors (Lipinski definition) is 3. The van der Waals surface area contributed by atoms with Crippen LogP contribution < -0.4 is 0 Å². The Kier molecular flexibility index (Phi) is 5.03. The van der Waals surface area contributed by atoms with Crippen molar-refractivity contribution < 1.29 is 14.6 Å². The van der Waals surface area contributed by atoms with Gasteiger partial charge in [0.15, 0.2) is 0 Å². The Morgan fingerprint density at radius 2 is 1.76 bits per heavy atom. The summed E-state index contributed by atoms with van der Waals surface area (Å²) in [5, 5.41) is 12.5. The van der Waals surface area contributed by atoms with Crippen molar-refractivity contribution in [2.24, 2.45) is 0 Å². The molecule has 0 unspecified atom stereocenters. The van der Waals surface area contributed by atoms with Crippen LogP contribution >= 0.6 is 0 Å². The van der Waals surface area contributed by atoms with E-state index in [0.29, 0.717) is 6.61 Å². The fourth-order valence-corrected chi connectivity index (χ4v) is 3.09. The smallest absolute Gasteiger partial charge is 0.342 e. The highest BCUT2D eigenvalue weighted by Gasteiger charge is 2.19. The zero-order valence-electron chi connectivity index (χ0n) is 14.6. The molecule has 0 aliphatic rings. The average Bonchev–Trinajstić information content (AvgIpc) is 2.62. The standard InChI is InChI=1S/C22H22O3/c1-3-4-14-25-22(24)21-15(2)17(12-13-20(21)23)19-11-7-9-16-8-5-6-10-18(16)19/h5-13,23H,3-4,14H2,1-2H3. The molecule has 0 aliphatic heterocycles.